The molecule has 0 aliphatic heterocycles. The topological polar surface area (TPSA) is 47.3 Å². The van der Waals surface area contributed by atoms with Gasteiger partial charge in [-0.25, -0.2) is 0 Å². The summed E-state index contributed by atoms with van der Waals surface area (Å²) in [6.07, 6.45) is -4.33. The van der Waals surface area contributed by atoms with Crippen molar-refractivity contribution in [3.63, 3.8) is 0 Å². The number of nitrogens with two attached hydrogens (primary N) is 1. The molecule has 1 unspecified atom stereocenters. The van der Waals surface area contributed by atoms with Gasteiger partial charge in [0.15, 0.2) is 0 Å². The fourth-order valence-corrected chi connectivity index (χ4v) is 0.950. The van der Waals surface area contributed by atoms with Crippen molar-refractivity contribution in [1.82, 2.24) is 5.32 Å². The Bertz CT molecular complexity index is 137. The summed E-state index contributed by atoms with van der Waals surface area (Å²) >= 11 is 0. The van der Waals surface area contributed by atoms with Gasteiger partial charge in [-0.15, -0.1) is 0 Å². The first-order valence-electron chi connectivity index (χ1n) is 4.50. The molecule has 86 valence electrons. The van der Waals surface area contributed by atoms with E-state index < -0.39 is 12.6 Å². The minimum absolute atomic E-state index is 0.0511. The number of halogens is 3. The van der Waals surface area contributed by atoms with Gasteiger partial charge in [-0.05, 0) is 13.0 Å². The van der Waals surface area contributed by atoms with E-state index in [9.17, 15) is 13.2 Å². The van der Waals surface area contributed by atoms with Gasteiger partial charge in [0.05, 0.1) is 12.5 Å². The zero-order valence-corrected chi connectivity index (χ0v) is 8.23. The average molecular weight is 214 g/mol. The molecule has 0 radical (unpaired) electrons. The first-order chi connectivity index (χ1) is 6.49. The van der Waals surface area contributed by atoms with E-state index in [1.807, 2.05) is 0 Å². The first kappa shape index (κ1) is 13.7. The van der Waals surface area contributed by atoms with Crippen LogP contribution >= 0.6 is 0 Å². The number of methoxy groups -OCH3 is 1. The molecule has 0 rings (SSSR count). The summed E-state index contributed by atoms with van der Waals surface area (Å²) in [6, 6.07) is 0. The molecule has 0 aliphatic rings. The maximum Gasteiger partial charge on any atom is 0.390 e. The number of nitrogens with one attached hydrogen (secondary N) is 1. The molecule has 0 amide bonds. The molecule has 0 fully saturated rings. The maximum absolute atomic E-state index is 11.7. The van der Waals surface area contributed by atoms with Crippen molar-refractivity contribution in [1.29, 1.82) is 0 Å². The number of rotatable bonds is 7. The van der Waals surface area contributed by atoms with Crippen LogP contribution in [0.2, 0.25) is 0 Å². The van der Waals surface area contributed by atoms with Crippen LogP contribution in [-0.4, -0.2) is 39.0 Å². The third-order valence-corrected chi connectivity index (χ3v) is 1.82. The van der Waals surface area contributed by atoms with Gasteiger partial charge in [-0.3, -0.25) is 0 Å². The standard InChI is InChI=1S/C8H17F3N2O/c1-14-7(6-12)2-4-13-5-3-8(9,10)11/h7,13H,2-6,12H2,1H3. The largest absolute Gasteiger partial charge is 0.390 e. The number of alkyl halides is 3. The zero-order valence-electron chi connectivity index (χ0n) is 8.23. The van der Waals surface area contributed by atoms with Gasteiger partial charge in [0, 0.05) is 20.2 Å². The Morgan fingerprint density at radius 3 is 2.43 bits per heavy atom. The van der Waals surface area contributed by atoms with E-state index in [4.69, 9.17) is 10.5 Å². The van der Waals surface area contributed by atoms with Gasteiger partial charge in [-0.1, -0.05) is 0 Å². The van der Waals surface area contributed by atoms with E-state index in [1.165, 1.54) is 7.11 Å². The van der Waals surface area contributed by atoms with Crippen LogP contribution < -0.4 is 11.1 Å². The Balaban J connectivity index is 3.29. The highest BCUT2D eigenvalue weighted by Crippen LogP contribution is 2.17. The number of ether oxygens (including phenoxy) is 1. The lowest BCUT2D eigenvalue weighted by molar-refractivity contribution is -0.133. The van der Waals surface area contributed by atoms with Crippen molar-refractivity contribution >= 4 is 0 Å². The quantitative estimate of drug-likeness (QED) is 0.619. The molecule has 0 saturated carbocycles. The minimum atomic E-state index is -4.08. The molecule has 0 aromatic heterocycles. The van der Waals surface area contributed by atoms with Crippen LogP contribution in [-0.2, 0) is 4.74 Å². The fraction of sp³-hybridized carbons (Fsp3) is 1.00. The normalized spacial score (nSPS) is 14.4. The van der Waals surface area contributed by atoms with E-state index in [2.05, 4.69) is 5.32 Å². The lowest BCUT2D eigenvalue weighted by atomic mass is 10.2. The van der Waals surface area contributed by atoms with Crippen LogP contribution in [0, 0.1) is 0 Å². The molecular weight excluding hydrogens is 197 g/mol. The lowest BCUT2D eigenvalue weighted by Gasteiger charge is -2.13. The Morgan fingerprint density at radius 1 is 1.36 bits per heavy atom. The smallest absolute Gasteiger partial charge is 0.380 e. The van der Waals surface area contributed by atoms with E-state index >= 15 is 0 Å². The second-order valence-corrected chi connectivity index (χ2v) is 3.00. The summed E-state index contributed by atoms with van der Waals surface area (Å²) in [5.41, 5.74) is 5.33. The van der Waals surface area contributed by atoms with Crippen molar-refractivity contribution in [3.8, 4) is 0 Å². The zero-order chi connectivity index (χ0) is 11.0. The Kier molecular flexibility index (Phi) is 6.86. The van der Waals surface area contributed by atoms with Crippen LogP contribution in [0.1, 0.15) is 12.8 Å². The van der Waals surface area contributed by atoms with Crippen LogP contribution in [0.25, 0.3) is 0 Å². The minimum Gasteiger partial charge on any atom is -0.380 e. The number of hydrogen-bond acceptors (Lipinski definition) is 3. The van der Waals surface area contributed by atoms with Gasteiger partial charge in [0.1, 0.15) is 0 Å². The first-order valence-corrected chi connectivity index (χ1v) is 4.50. The Morgan fingerprint density at radius 2 is 2.00 bits per heavy atom. The third kappa shape index (κ3) is 8.28. The van der Waals surface area contributed by atoms with E-state index in [1.54, 1.807) is 0 Å². The number of hydrogen-bond donors (Lipinski definition) is 2. The van der Waals surface area contributed by atoms with Crippen molar-refractivity contribution < 1.29 is 17.9 Å². The van der Waals surface area contributed by atoms with E-state index in [0.717, 1.165) is 0 Å². The third-order valence-electron chi connectivity index (χ3n) is 1.82. The molecule has 0 saturated heterocycles. The maximum atomic E-state index is 11.7. The monoisotopic (exact) mass is 214 g/mol. The van der Waals surface area contributed by atoms with Crippen LogP contribution in [0.15, 0.2) is 0 Å². The van der Waals surface area contributed by atoms with Crippen molar-refractivity contribution in [2.45, 2.75) is 25.1 Å². The van der Waals surface area contributed by atoms with E-state index in [-0.39, 0.29) is 12.6 Å². The average Bonchev–Trinajstić information content (AvgIpc) is 2.09. The summed E-state index contributed by atoms with van der Waals surface area (Å²) in [5, 5.41) is 2.69. The second kappa shape index (κ2) is 7.03. The fourth-order valence-electron chi connectivity index (χ4n) is 0.950. The Hall–Kier alpha value is -0.330. The van der Waals surface area contributed by atoms with Gasteiger partial charge in [0.2, 0.25) is 0 Å². The summed E-state index contributed by atoms with van der Waals surface area (Å²) in [6.45, 7) is 0.827. The van der Waals surface area contributed by atoms with Crippen LogP contribution in [0.4, 0.5) is 13.2 Å². The summed E-state index contributed by atoms with van der Waals surface area (Å²) in [4.78, 5) is 0. The van der Waals surface area contributed by atoms with Gasteiger partial charge < -0.3 is 15.8 Å². The molecule has 0 aromatic carbocycles. The summed E-state index contributed by atoms with van der Waals surface area (Å²) in [7, 11) is 1.53. The molecule has 6 heteroatoms. The van der Waals surface area contributed by atoms with Crippen molar-refractivity contribution in [2.75, 3.05) is 26.7 Å². The van der Waals surface area contributed by atoms with Crippen molar-refractivity contribution in [3.05, 3.63) is 0 Å². The van der Waals surface area contributed by atoms with Crippen LogP contribution in [0.5, 0.6) is 0 Å². The molecule has 0 heterocycles. The van der Waals surface area contributed by atoms with Gasteiger partial charge in [0.25, 0.3) is 0 Å². The molecule has 14 heavy (non-hydrogen) atoms. The predicted octanol–water partition coefficient (Wildman–Crippen LogP) is 0.892. The Labute approximate surface area is 81.8 Å². The molecule has 3 nitrogen and oxygen atoms in total. The van der Waals surface area contributed by atoms with Crippen LogP contribution in [0.3, 0.4) is 0 Å². The van der Waals surface area contributed by atoms with Crippen molar-refractivity contribution in [2.24, 2.45) is 5.73 Å². The molecule has 3 N–H and O–H groups in total. The second-order valence-electron chi connectivity index (χ2n) is 3.00. The molecule has 0 spiro atoms. The SMILES string of the molecule is COC(CN)CCNCCC(F)(F)F. The van der Waals surface area contributed by atoms with Gasteiger partial charge >= 0.3 is 6.18 Å². The molecule has 1 atom stereocenters. The molecular formula is C8H17F3N2O. The van der Waals surface area contributed by atoms with E-state index in [0.29, 0.717) is 19.5 Å². The lowest BCUT2D eigenvalue weighted by Crippen LogP contribution is -2.29. The highest BCUT2D eigenvalue weighted by molar-refractivity contribution is 4.61. The highest BCUT2D eigenvalue weighted by atomic mass is 19.4. The van der Waals surface area contributed by atoms with Gasteiger partial charge in [-0.2, -0.15) is 13.2 Å². The predicted molar refractivity (Wildman–Crippen MR) is 48.0 cm³/mol. The molecule has 0 aliphatic carbocycles. The highest BCUT2D eigenvalue weighted by Gasteiger charge is 2.25. The summed E-state index contributed by atoms with van der Waals surface area (Å²) in [5.74, 6) is 0. The summed E-state index contributed by atoms with van der Waals surface area (Å²) < 4.78 is 40.0. The molecule has 0 aromatic rings. The molecule has 0 bridgehead atoms.